The molecule has 6 rings (SSSR count). The number of aromatic carboxylic acids is 1. The van der Waals surface area contributed by atoms with Gasteiger partial charge in [0.1, 0.15) is 17.2 Å². The summed E-state index contributed by atoms with van der Waals surface area (Å²) in [5.41, 5.74) is 5.19. The molecule has 342 valence electrons. The molecular weight excluding hydrogens is 853 g/mol. The predicted molar refractivity (Wildman–Crippen MR) is 253 cm³/mol. The quantitative estimate of drug-likeness (QED) is 0.0352. The van der Waals surface area contributed by atoms with Crippen LogP contribution < -0.4 is 4.90 Å². The van der Waals surface area contributed by atoms with Gasteiger partial charge in [-0.1, -0.05) is 64.3 Å². The summed E-state index contributed by atoms with van der Waals surface area (Å²) in [6.45, 7) is 16.5. The highest BCUT2D eigenvalue weighted by Crippen LogP contribution is 2.55. The molecule has 3 N–H and O–H groups in total. The number of ketones is 2. The lowest BCUT2D eigenvalue weighted by Crippen LogP contribution is -2.30. The van der Waals surface area contributed by atoms with E-state index < -0.39 is 42.8 Å². The molecule has 0 aromatic heterocycles. The van der Waals surface area contributed by atoms with Crippen molar-refractivity contribution in [2.24, 2.45) is 5.92 Å². The minimum Gasteiger partial charge on any atom is -0.478 e. The maximum absolute atomic E-state index is 13.2. The van der Waals surface area contributed by atoms with E-state index in [1.165, 1.54) is 19.1 Å². The molecule has 0 fully saturated rings. The molecule has 2 aliphatic rings. The summed E-state index contributed by atoms with van der Waals surface area (Å²) < 4.78 is 73.2. The van der Waals surface area contributed by atoms with Gasteiger partial charge in [0.05, 0.1) is 16.7 Å². The fourth-order valence-corrected chi connectivity index (χ4v) is 11.0. The molecular formula is C50H61N2O10S2+. The van der Waals surface area contributed by atoms with Gasteiger partial charge in [-0.25, -0.2) is 4.79 Å². The van der Waals surface area contributed by atoms with Gasteiger partial charge >= 0.3 is 5.97 Å². The standard InChI is InChI=1S/C50H60N2O10S2/c1-9-10-24-51-40-27-32(4)38-29-35(48(55)56)20-22-36(38)46(40)49(6,7)44(51)17-14-18-45-50(8,23-13-11-12-16-42(54)31(2)3)47-37-21-19-34(33(5)53)28-39(37)43(64(60,61)62)30-41(47)52(45)25-15-26-63(57,58)59/h14,17-22,27-31H,9-13,15-16,23-26H2,1-8H3,(H2-,55,56,57,58,59,60,61,62)/p+1. The zero-order valence-corrected chi connectivity index (χ0v) is 39.7. The maximum Gasteiger partial charge on any atom is 0.335 e. The van der Waals surface area contributed by atoms with Gasteiger partial charge in [-0.05, 0) is 112 Å². The Hall–Kier alpha value is -5.02. The molecule has 0 radical (unpaired) electrons. The summed E-state index contributed by atoms with van der Waals surface area (Å²) in [6, 6.07) is 13.6. The SMILES string of the molecule is CCCC[N+]1=C(C=CC=C2N(CCCS(=O)(=O)O)c3cc(S(=O)(=O)O)c4cc(C(C)=O)ccc4c3C2(C)CCCCCC(=O)C(C)C)C(C)(C)c2c1cc(C)c1cc(C(=O)O)ccc21. The van der Waals surface area contributed by atoms with Crippen LogP contribution in [0.1, 0.15) is 137 Å². The molecule has 4 aromatic carbocycles. The second-order valence-electron chi connectivity index (χ2n) is 18.4. The number of carboxylic acid groups (broad SMARTS) is 1. The van der Waals surface area contributed by atoms with Crippen LogP contribution in [0.4, 0.5) is 11.4 Å². The summed E-state index contributed by atoms with van der Waals surface area (Å²) in [7, 11) is -9.19. The van der Waals surface area contributed by atoms with Crippen LogP contribution in [0.2, 0.25) is 0 Å². The second kappa shape index (κ2) is 18.5. The van der Waals surface area contributed by atoms with Crippen LogP contribution >= 0.6 is 0 Å². The van der Waals surface area contributed by atoms with Crippen LogP contribution in [0.3, 0.4) is 0 Å². The van der Waals surface area contributed by atoms with Gasteiger partial charge in [-0.15, -0.1) is 0 Å². The lowest BCUT2D eigenvalue weighted by Gasteiger charge is -2.31. The number of nitrogens with zero attached hydrogens (tertiary/aromatic N) is 2. The van der Waals surface area contributed by atoms with Gasteiger partial charge in [0.15, 0.2) is 11.5 Å². The third kappa shape index (κ3) is 9.52. The zero-order valence-electron chi connectivity index (χ0n) is 38.1. The van der Waals surface area contributed by atoms with Crippen molar-refractivity contribution in [2.75, 3.05) is 23.7 Å². The number of carbonyl (C=O) groups excluding carboxylic acids is 2. The Balaban J connectivity index is 1.57. The van der Waals surface area contributed by atoms with Crippen LogP contribution in [-0.2, 0) is 35.9 Å². The van der Waals surface area contributed by atoms with E-state index in [4.69, 9.17) is 0 Å². The molecule has 64 heavy (non-hydrogen) atoms. The fraction of sp³-hybridized carbons (Fsp3) is 0.440. The Bertz CT molecular complexity index is 2890. The highest BCUT2D eigenvalue weighted by atomic mass is 32.2. The van der Waals surface area contributed by atoms with Gasteiger partial charge in [0.2, 0.25) is 5.69 Å². The normalized spacial score (nSPS) is 18.0. The largest absolute Gasteiger partial charge is 0.478 e. The van der Waals surface area contributed by atoms with Gasteiger partial charge in [-0.3, -0.25) is 18.7 Å². The highest BCUT2D eigenvalue weighted by molar-refractivity contribution is 7.86. The van der Waals surface area contributed by atoms with Crippen LogP contribution in [0.5, 0.6) is 0 Å². The third-order valence-electron chi connectivity index (χ3n) is 13.1. The fourth-order valence-electron chi connectivity index (χ4n) is 9.84. The van der Waals surface area contributed by atoms with Crippen molar-refractivity contribution in [3.05, 3.63) is 100 Å². The van der Waals surface area contributed by atoms with Crippen molar-refractivity contribution in [3.8, 4) is 0 Å². The van der Waals surface area contributed by atoms with E-state index in [2.05, 4.69) is 44.4 Å². The molecule has 0 amide bonds. The average Bonchev–Trinajstić information content (AvgIpc) is 3.56. The third-order valence-corrected chi connectivity index (χ3v) is 14.8. The number of carbonyl (C=O) groups is 3. The number of allylic oxidation sites excluding steroid dienone is 4. The number of hydrogen-bond donors (Lipinski definition) is 3. The highest BCUT2D eigenvalue weighted by Gasteiger charge is 2.47. The second-order valence-corrected chi connectivity index (χ2v) is 21.4. The van der Waals surface area contributed by atoms with E-state index in [1.807, 2.05) is 43.9 Å². The molecule has 1 atom stereocenters. The number of hydrogen-bond acceptors (Lipinski definition) is 8. The molecule has 0 aliphatic carbocycles. The van der Waals surface area contributed by atoms with Crippen LogP contribution in [0, 0.1) is 12.8 Å². The Morgan fingerprint density at radius 1 is 0.828 bits per heavy atom. The number of rotatable bonds is 19. The molecule has 1 unspecified atom stereocenters. The lowest BCUT2D eigenvalue weighted by atomic mass is 9.75. The van der Waals surface area contributed by atoms with Crippen LogP contribution in [0.25, 0.3) is 21.5 Å². The van der Waals surface area contributed by atoms with E-state index in [0.717, 1.165) is 70.4 Å². The van der Waals surface area contributed by atoms with E-state index >= 15 is 0 Å². The van der Waals surface area contributed by atoms with Crippen molar-refractivity contribution < 1.29 is 50.0 Å². The molecule has 2 aliphatic heterocycles. The number of fused-ring (bicyclic) bond motifs is 6. The van der Waals surface area contributed by atoms with Crippen molar-refractivity contribution >= 4 is 76.4 Å². The van der Waals surface area contributed by atoms with Crippen molar-refractivity contribution in [1.82, 2.24) is 0 Å². The predicted octanol–water partition coefficient (Wildman–Crippen LogP) is 10.3. The average molecular weight is 914 g/mol. The van der Waals surface area contributed by atoms with Crippen molar-refractivity contribution in [3.63, 3.8) is 0 Å². The van der Waals surface area contributed by atoms with Crippen molar-refractivity contribution in [1.29, 1.82) is 0 Å². The van der Waals surface area contributed by atoms with Gasteiger partial charge in [0.25, 0.3) is 20.2 Å². The van der Waals surface area contributed by atoms with E-state index in [9.17, 15) is 45.4 Å². The summed E-state index contributed by atoms with van der Waals surface area (Å²) in [5, 5.41) is 12.3. The summed E-state index contributed by atoms with van der Waals surface area (Å²) >= 11 is 0. The molecule has 4 aromatic rings. The number of Topliss-reactive ketones (excluding diaryl/α,β-unsaturated/α-hetero) is 2. The van der Waals surface area contributed by atoms with E-state index in [0.29, 0.717) is 36.8 Å². The maximum atomic E-state index is 13.2. The number of anilines is 1. The summed E-state index contributed by atoms with van der Waals surface area (Å²) in [4.78, 5) is 38.6. The Morgan fingerprint density at radius 2 is 1.48 bits per heavy atom. The Labute approximate surface area is 377 Å². The number of aryl methyl sites for hydroxylation is 1. The molecule has 0 bridgehead atoms. The molecule has 12 nitrogen and oxygen atoms in total. The van der Waals surface area contributed by atoms with Gasteiger partial charge in [-0.2, -0.15) is 21.4 Å². The minimum atomic E-state index is -4.84. The Morgan fingerprint density at radius 3 is 2.09 bits per heavy atom. The first-order chi connectivity index (χ1) is 29.9. The van der Waals surface area contributed by atoms with Crippen molar-refractivity contribution in [2.45, 2.75) is 122 Å². The van der Waals surface area contributed by atoms with Gasteiger partial charge in [0, 0.05) is 70.8 Å². The van der Waals surface area contributed by atoms with E-state index in [1.54, 1.807) is 24.3 Å². The van der Waals surface area contributed by atoms with Crippen LogP contribution in [-0.4, -0.2) is 77.7 Å². The first kappa shape index (κ1) is 48.4. The molecule has 0 saturated carbocycles. The zero-order chi connectivity index (χ0) is 47.1. The molecule has 0 saturated heterocycles. The summed E-state index contributed by atoms with van der Waals surface area (Å²) in [6.07, 6.45) is 11.0. The minimum absolute atomic E-state index is 0.00420. The molecule has 14 heteroatoms. The Kier molecular flexibility index (Phi) is 14.0. The first-order valence-corrected chi connectivity index (χ1v) is 25.2. The number of carboxylic acids is 1. The lowest BCUT2D eigenvalue weighted by molar-refractivity contribution is -0.438. The number of unbranched alkanes of at least 4 members (excludes halogenated alkanes) is 3. The molecule has 2 heterocycles. The topological polar surface area (TPSA) is 186 Å². The number of benzene rings is 4. The summed E-state index contributed by atoms with van der Waals surface area (Å²) in [5.74, 6) is -1.70. The van der Waals surface area contributed by atoms with Crippen LogP contribution in [0.15, 0.2) is 77.4 Å². The van der Waals surface area contributed by atoms with Gasteiger partial charge < -0.3 is 10.0 Å². The first-order valence-electron chi connectivity index (χ1n) is 22.1. The van der Waals surface area contributed by atoms with E-state index in [-0.39, 0.29) is 51.9 Å². The monoisotopic (exact) mass is 913 g/mol. The molecule has 0 spiro atoms. The smallest absolute Gasteiger partial charge is 0.335 e.